The summed E-state index contributed by atoms with van der Waals surface area (Å²) in [5.41, 5.74) is 0. The van der Waals surface area contributed by atoms with E-state index in [2.05, 4.69) is 4.72 Å². The molecule has 1 aromatic rings. The van der Waals surface area contributed by atoms with Crippen molar-refractivity contribution in [2.24, 2.45) is 5.92 Å². The van der Waals surface area contributed by atoms with Crippen LogP contribution >= 0.6 is 11.3 Å². The first-order chi connectivity index (χ1) is 8.92. The SMILES string of the molecule is CCCC[C@@H](C)C(=O)NS(=O)(=O)c1sccc1OC. The predicted octanol–water partition coefficient (Wildman–Crippen LogP) is 2.39. The number of carbonyl (C=O) groups excluding carboxylic acids is 1. The molecule has 0 aliphatic rings. The Hall–Kier alpha value is -1.08. The number of unbranched alkanes of at least 4 members (excludes halogenated alkanes) is 1. The van der Waals surface area contributed by atoms with Gasteiger partial charge in [0.25, 0.3) is 10.0 Å². The van der Waals surface area contributed by atoms with Crippen molar-refractivity contribution >= 4 is 27.3 Å². The predicted molar refractivity (Wildman–Crippen MR) is 74.9 cm³/mol. The Morgan fingerprint density at radius 2 is 2.21 bits per heavy atom. The van der Waals surface area contributed by atoms with E-state index in [0.717, 1.165) is 24.2 Å². The number of sulfonamides is 1. The number of hydrogen-bond acceptors (Lipinski definition) is 5. The van der Waals surface area contributed by atoms with Gasteiger partial charge >= 0.3 is 0 Å². The smallest absolute Gasteiger partial charge is 0.277 e. The quantitative estimate of drug-likeness (QED) is 0.839. The lowest BCUT2D eigenvalue weighted by Gasteiger charge is -2.12. The van der Waals surface area contributed by atoms with Crippen LogP contribution in [-0.4, -0.2) is 21.4 Å². The Morgan fingerprint density at radius 3 is 2.79 bits per heavy atom. The van der Waals surface area contributed by atoms with Gasteiger partial charge in [0.05, 0.1) is 7.11 Å². The van der Waals surface area contributed by atoms with Gasteiger partial charge in [-0.05, 0) is 17.9 Å². The molecule has 0 saturated carbocycles. The first-order valence-corrected chi connectivity index (χ1v) is 8.46. The molecule has 0 fully saturated rings. The zero-order chi connectivity index (χ0) is 14.5. The number of ether oxygens (including phenoxy) is 1. The summed E-state index contributed by atoms with van der Waals surface area (Å²) in [6.45, 7) is 3.75. The lowest BCUT2D eigenvalue weighted by Crippen LogP contribution is -2.34. The second kappa shape index (κ2) is 6.91. The zero-order valence-corrected chi connectivity index (χ0v) is 12.9. The molecule has 0 radical (unpaired) electrons. The lowest BCUT2D eigenvalue weighted by molar-refractivity contribution is -0.122. The monoisotopic (exact) mass is 305 g/mol. The molecule has 1 atom stereocenters. The second-order valence-electron chi connectivity index (χ2n) is 4.29. The number of hydrogen-bond donors (Lipinski definition) is 1. The van der Waals surface area contributed by atoms with Gasteiger partial charge in [-0.15, -0.1) is 11.3 Å². The molecular weight excluding hydrogens is 286 g/mol. The molecule has 1 heterocycles. The van der Waals surface area contributed by atoms with Crippen LogP contribution in [0, 0.1) is 5.92 Å². The number of nitrogens with one attached hydrogen (secondary N) is 1. The molecule has 1 aromatic heterocycles. The van der Waals surface area contributed by atoms with Crippen molar-refractivity contribution in [1.29, 1.82) is 0 Å². The van der Waals surface area contributed by atoms with Gasteiger partial charge in [-0.2, -0.15) is 0 Å². The highest BCUT2D eigenvalue weighted by atomic mass is 32.2. The van der Waals surface area contributed by atoms with Gasteiger partial charge in [0.1, 0.15) is 5.75 Å². The van der Waals surface area contributed by atoms with E-state index in [1.807, 2.05) is 6.92 Å². The van der Waals surface area contributed by atoms with Crippen molar-refractivity contribution in [3.05, 3.63) is 11.4 Å². The number of thiophene rings is 1. The topological polar surface area (TPSA) is 72.5 Å². The Kier molecular flexibility index (Phi) is 5.81. The zero-order valence-electron chi connectivity index (χ0n) is 11.3. The summed E-state index contributed by atoms with van der Waals surface area (Å²) in [7, 11) is -2.44. The fourth-order valence-electron chi connectivity index (χ4n) is 1.55. The van der Waals surface area contributed by atoms with Crippen molar-refractivity contribution in [1.82, 2.24) is 4.72 Å². The summed E-state index contributed by atoms with van der Waals surface area (Å²) in [4.78, 5) is 11.8. The Labute approximate surface area is 118 Å². The molecule has 108 valence electrons. The number of methoxy groups -OCH3 is 1. The fourth-order valence-corrected chi connectivity index (χ4v) is 3.91. The van der Waals surface area contributed by atoms with Gasteiger partial charge < -0.3 is 4.74 Å². The van der Waals surface area contributed by atoms with E-state index in [0.29, 0.717) is 6.42 Å². The third-order valence-corrected chi connectivity index (χ3v) is 5.53. The Bertz CT molecular complexity index is 522. The standard InChI is InChI=1S/C12H19NO4S2/c1-4-5-6-9(2)11(14)13-19(15,16)12-10(17-3)7-8-18-12/h7-9H,4-6H2,1-3H3,(H,13,14)/t9-/m1/s1. The molecule has 0 spiro atoms. The van der Waals surface area contributed by atoms with Crippen molar-refractivity contribution in [3.8, 4) is 5.75 Å². The molecule has 0 bridgehead atoms. The molecule has 0 aliphatic carbocycles. The summed E-state index contributed by atoms with van der Waals surface area (Å²) in [5.74, 6) is -0.531. The highest BCUT2D eigenvalue weighted by Crippen LogP contribution is 2.29. The third kappa shape index (κ3) is 4.21. The Morgan fingerprint density at radius 1 is 1.53 bits per heavy atom. The summed E-state index contributed by atoms with van der Waals surface area (Å²) >= 11 is 1.02. The van der Waals surface area contributed by atoms with Gasteiger partial charge in [-0.3, -0.25) is 4.79 Å². The van der Waals surface area contributed by atoms with E-state index in [1.54, 1.807) is 18.4 Å². The summed E-state index contributed by atoms with van der Waals surface area (Å²) in [5, 5.41) is 1.61. The van der Waals surface area contributed by atoms with Crippen LogP contribution < -0.4 is 9.46 Å². The van der Waals surface area contributed by atoms with Crippen LogP contribution in [0.3, 0.4) is 0 Å². The number of carbonyl (C=O) groups is 1. The van der Waals surface area contributed by atoms with Crippen LogP contribution in [0.5, 0.6) is 5.75 Å². The molecule has 5 nitrogen and oxygen atoms in total. The molecular formula is C12H19NO4S2. The molecule has 0 aliphatic heterocycles. The van der Waals surface area contributed by atoms with Gasteiger partial charge in [-0.1, -0.05) is 26.7 Å². The van der Waals surface area contributed by atoms with Gasteiger partial charge in [0.15, 0.2) is 4.21 Å². The fraction of sp³-hybridized carbons (Fsp3) is 0.583. The summed E-state index contributed by atoms with van der Waals surface area (Å²) in [6, 6.07) is 1.56. The van der Waals surface area contributed by atoms with Crippen LogP contribution in [0.4, 0.5) is 0 Å². The van der Waals surface area contributed by atoms with E-state index in [1.165, 1.54) is 7.11 Å². The van der Waals surface area contributed by atoms with E-state index >= 15 is 0 Å². The first-order valence-electron chi connectivity index (χ1n) is 6.10. The molecule has 1 amide bonds. The first kappa shape index (κ1) is 16.0. The molecule has 0 aromatic carbocycles. The van der Waals surface area contributed by atoms with Gasteiger partial charge in [-0.25, -0.2) is 13.1 Å². The molecule has 1 rings (SSSR count). The highest BCUT2D eigenvalue weighted by Gasteiger charge is 2.25. The number of rotatable bonds is 7. The van der Waals surface area contributed by atoms with Gasteiger partial charge in [0.2, 0.25) is 5.91 Å². The highest BCUT2D eigenvalue weighted by molar-refractivity contribution is 7.92. The minimum Gasteiger partial charge on any atom is -0.494 e. The van der Waals surface area contributed by atoms with Gasteiger partial charge in [0, 0.05) is 5.92 Å². The maximum Gasteiger partial charge on any atom is 0.277 e. The van der Waals surface area contributed by atoms with Crippen LogP contribution in [0.15, 0.2) is 15.7 Å². The largest absolute Gasteiger partial charge is 0.494 e. The maximum atomic E-state index is 12.1. The van der Waals surface area contributed by atoms with E-state index in [-0.39, 0.29) is 15.9 Å². The molecule has 7 heteroatoms. The van der Waals surface area contributed by atoms with E-state index < -0.39 is 15.9 Å². The van der Waals surface area contributed by atoms with Crippen LogP contribution in [0.2, 0.25) is 0 Å². The van der Waals surface area contributed by atoms with Crippen molar-refractivity contribution in [2.75, 3.05) is 7.11 Å². The van der Waals surface area contributed by atoms with Crippen LogP contribution in [0.1, 0.15) is 33.1 Å². The summed E-state index contributed by atoms with van der Waals surface area (Å²) in [6.07, 6.45) is 2.56. The average Bonchev–Trinajstić information content (AvgIpc) is 2.84. The lowest BCUT2D eigenvalue weighted by atomic mass is 10.0. The van der Waals surface area contributed by atoms with Crippen molar-refractivity contribution in [2.45, 2.75) is 37.3 Å². The third-order valence-electron chi connectivity index (χ3n) is 2.73. The molecule has 0 saturated heterocycles. The van der Waals surface area contributed by atoms with Crippen LogP contribution in [0.25, 0.3) is 0 Å². The van der Waals surface area contributed by atoms with Crippen molar-refractivity contribution in [3.63, 3.8) is 0 Å². The normalized spacial score (nSPS) is 13.0. The van der Waals surface area contributed by atoms with Crippen LogP contribution in [-0.2, 0) is 14.8 Å². The molecule has 1 N–H and O–H groups in total. The number of amides is 1. The van der Waals surface area contributed by atoms with E-state index in [4.69, 9.17) is 4.74 Å². The summed E-state index contributed by atoms with van der Waals surface area (Å²) < 4.78 is 31.2. The minimum absolute atomic E-state index is 0.0334. The molecule has 19 heavy (non-hydrogen) atoms. The minimum atomic E-state index is -3.84. The van der Waals surface area contributed by atoms with E-state index in [9.17, 15) is 13.2 Å². The molecule has 0 unspecified atom stereocenters. The Balaban J connectivity index is 2.78. The van der Waals surface area contributed by atoms with Crippen molar-refractivity contribution < 1.29 is 17.9 Å². The maximum absolute atomic E-state index is 12.1. The average molecular weight is 305 g/mol. The second-order valence-corrected chi connectivity index (χ2v) is 7.08.